The van der Waals surface area contributed by atoms with E-state index in [1.807, 2.05) is 13.8 Å². The third-order valence-electron chi connectivity index (χ3n) is 3.61. The number of oxazole rings is 1. The van der Waals surface area contributed by atoms with Gasteiger partial charge in [0, 0.05) is 46.6 Å². The summed E-state index contributed by atoms with van der Waals surface area (Å²) in [5.74, 6) is -0.183. The smallest absolute Gasteiger partial charge is 0.273 e. The van der Waals surface area contributed by atoms with E-state index in [1.54, 1.807) is 4.90 Å². The number of hydrogen-bond acceptors (Lipinski definition) is 7. The molecule has 0 aliphatic carbocycles. The van der Waals surface area contributed by atoms with Crippen LogP contribution in [0.1, 0.15) is 43.1 Å². The Bertz CT molecular complexity index is 549. The molecule has 0 radical (unpaired) electrons. The maximum atomic E-state index is 12.2. The molecular weight excluding hydrogens is 354 g/mol. The molecule has 2 amide bonds. The Labute approximate surface area is 160 Å². The second-order valence-electron chi connectivity index (χ2n) is 5.73. The first-order valence-electron chi connectivity index (χ1n) is 9.27. The summed E-state index contributed by atoms with van der Waals surface area (Å²) >= 11 is 0. The van der Waals surface area contributed by atoms with Crippen molar-refractivity contribution in [2.75, 3.05) is 53.2 Å². The molecule has 0 saturated carbocycles. The van der Waals surface area contributed by atoms with Crippen LogP contribution in [0.2, 0.25) is 0 Å². The highest BCUT2D eigenvalue weighted by Crippen LogP contribution is 2.08. The van der Waals surface area contributed by atoms with Crippen molar-refractivity contribution in [3.05, 3.63) is 17.8 Å². The molecule has 1 aromatic rings. The summed E-state index contributed by atoms with van der Waals surface area (Å²) in [6.45, 7) is 7.43. The van der Waals surface area contributed by atoms with Gasteiger partial charge in [0.15, 0.2) is 5.69 Å². The normalized spacial score (nSPS) is 10.8. The molecular formula is C18H31N3O6. The van der Waals surface area contributed by atoms with Gasteiger partial charge in [0.25, 0.3) is 5.91 Å². The predicted molar refractivity (Wildman–Crippen MR) is 98.3 cm³/mol. The average molecular weight is 385 g/mol. The maximum Gasteiger partial charge on any atom is 0.273 e. The van der Waals surface area contributed by atoms with Gasteiger partial charge in [-0.05, 0) is 26.7 Å². The summed E-state index contributed by atoms with van der Waals surface area (Å²) in [7, 11) is 1.47. The number of methoxy groups -OCH3 is 1. The molecule has 0 aliphatic heterocycles. The Morgan fingerprint density at radius 3 is 2.56 bits per heavy atom. The minimum atomic E-state index is -0.312. The lowest BCUT2D eigenvalue weighted by Gasteiger charge is -2.20. The molecule has 0 bridgehead atoms. The summed E-state index contributed by atoms with van der Waals surface area (Å²) in [5, 5.41) is 2.76. The molecule has 0 fully saturated rings. The SMILES string of the molecule is CCOCCCNC(=O)c1coc(CN(CCCOCC)C(=O)COC)n1. The van der Waals surface area contributed by atoms with Gasteiger partial charge in [0.2, 0.25) is 11.8 Å². The molecule has 0 spiro atoms. The van der Waals surface area contributed by atoms with E-state index in [2.05, 4.69) is 10.3 Å². The summed E-state index contributed by atoms with van der Waals surface area (Å²) < 4.78 is 20.8. The fourth-order valence-electron chi connectivity index (χ4n) is 2.27. The van der Waals surface area contributed by atoms with Gasteiger partial charge in [0.05, 0.1) is 6.54 Å². The van der Waals surface area contributed by atoms with Crippen molar-refractivity contribution in [2.24, 2.45) is 0 Å². The van der Waals surface area contributed by atoms with Crippen LogP contribution in [-0.4, -0.2) is 74.9 Å². The predicted octanol–water partition coefficient (Wildman–Crippen LogP) is 1.23. The lowest BCUT2D eigenvalue weighted by Crippen LogP contribution is -2.34. The van der Waals surface area contributed by atoms with E-state index in [4.69, 9.17) is 18.6 Å². The number of nitrogens with one attached hydrogen (secondary N) is 1. The van der Waals surface area contributed by atoms with Crippen LogP contribution in [-0.2, 0) is 25.5 Å². The zero-order valence-corrected chi connectivity index (χ0v) is 16.5. The lowest BCUT2D eigenvalue weighted by molar-refractivity contribution is -0.136. The molecule has 9 heteroatoms. The monoisotopic (exact) mass is 385 g/mol. The van der Waals surface area contributed by atoms with E-state index in [0.717, 1.165) is 6.42 Å². The van der Waals surface area contributed by atoms with E-state index in [-0.39, 0.29) is 30.7 Å². The second kappa shape index (κ2) is 14.1. The zero-order chi connectivity index (χ0) is 19.9. The van der Waals surface area contributed by atoms with E-state index in [0.29, 0.717) is 51.8 Å². The molecule has 9 nitrogen and oxygen atoms in total. The fraction of sp³-hybridized carbons (Fsp3) is 0.722. The van der Waals surface area contributed by atoms with Gasteiger partial charge in [-0.3, -0.25) is 9.59 Å². The quantitative estimate of drug-likeness (QED) is 0.453. The van der Waals surface area contributed by atoms with Gasteiger partial charge in [-0.15, -0.1) is 0 Å². The van der Waals surface area contributed by atoms with Crippen LogP contribution in [0.4, 0.5) is 0 Å². The Balaban J connectivity index is 2.53. The van der Waals surface area contributed by atoms with Crippen LogP contribution in [0, 0.1) is 0 Å². The van der Waals surface area contributed by atoms with Crippen LogP contribution in [0.3, 0.4) is 0 Å². The number of aromatic nitrogens is 1. The molecule has 0 saturated heterocycles. The van der Waals surface area contributed by atoms with Gasteiger partial charge < -0.3 is 28.8 Å². The van der Waals surface area contributed by atoms with Gasteiger partial charge in [-0.2, -0.15) is 0 Å². The molecule has 0 unspecified atom stereocenters. The number of rotatable bonds is 15. The minimum Gasteiger partial charge on any atom is -0.446 e. The summed E-state index contributed by atoms with van der Waals surface area (Å²) in [6, 6.07) is 0. The third-order valence-corrected chi connectivity index (χ3v) is 3.61. The summed E-state index contributed by atoms with van der Waals surface area (Å²) in [6.07, 6.45) is 2.72. The maximum absolute atomic E-state index is 12.2. The van der Waals surface area contributed by atoms with Crippen molar-refractivity contribution < 1.29 is 28.2 Å². The zero-order valence-electron chi connectivity index (χ0n) is 16.5. The highest BCUT2D eigenvalue weighted by Gasteiger charge is 2.18. The first-order chi connectivity index (χ1) is 13.1. The molecule has 154 valence electrons. The molecule has 1 heterocycles. The molecule has 1 rings (SSSR count). The highest BCUT2D eigenvalue weighted by molar-refractivity contribution is 5.91. The Morgan fingerprint density at radius 2 is 1.89 bits per heavy atom. The number of carbonyl (C=O) groups excluding carboxylic acids is 2. The van der Waals surface area contributed by atoms with E-state index < -0.39 is 0 Å². The fourth-order valence-corrected chi connectivity index (χ4v) is 2.27. The molecule has 0 aliphatic rings. The van der Waals surface area contributed by atoms with Crippen LogP contribution in [0.5, 0.6) is 0 Å². The van der Waals surface area contributed by atoms with Crippen molar-refractivity contribution in [3.63, 3.8) is 0 Å². The summed E-state index contributed by atoms with van der Waals surface area (Å²) in [4.78, 5) is 30.0. The van der Waals surface area contributed by atoms with E-state index in [1.165, 1.54) is 13.4 Å². The lowest BCUT2D eigenvalue weighted by atomic mass is 10.3. The van der Waals surface area contributed by atoms with Crippen LogP contribution >= 0.6 is 0 Å². The molecule has 27 heavy (non-hydrogen) atoms. The second-order valence-corrected chi connectivity index (χ2v) is 5.73. The largest absolute Gasteiger partial charge is 0.446 e. The molecule has 0 aromatic carbocycles. The number of ether oxygens (including phenoxy) is 3. The van der Waals surface area contributed by atoms with E-state index >= 15 is 0 Å². The van der Waals surface area contributed by atoms with Crippen LogP contribution in [0.25, 0.3) is 0 Å². The average Bonchev–Trinajstić information content (AvgIpc) is 3.13. The van der Waals surface area contributed by atoms with Crippen molar-refractivity contribution in [1.82, 2.24) is 15.2 Å². The standard InChI is InChI=1S/C18H31N3O6/c1-4-25-10-6-8-19-18(23)15-13-27-16(20-15)12-21(17(22)14-24-3)9-7-11-26-5-2/h13H,4-12,14H2,1-3H3,(H,19,23). The van der Waals surface area contributed by atoms with E-state index in [9.17, 15) is 9.59 Å². The van der Waals surface area contributed by atoms with Crippen LogP contribution in [0.15, 0.2) is 10.7 Å². The van der Waals surface area contributed by atoms with Crippen molar-refractivity contribution >= 4 is 11.8 Å². The van der Waals surface area contributed by atoms with Gasteiger partial charge in [-0.25, -0.2) is 4.98 Å². The van der Waals surface area contributed by atoms with Gasteiger partial charge >= 0.3 is 0 Å². The Morgan fingerprint density at radius 1 is 1.19 bits per heavy atom. The first-order valence-corrected chi connectivity index (χ1v) is 9.27. The number of amides is 2. The number of hydrogen-bond donors (Lipinski definition) is 1. The Hall–Kier alpha value is -1.97. The van der Waals surface area contributed by atoms with Crippen molar-refractivity contribution in [2.45, 2.75) is 33.2 Å². The molecule has 1 N–H and O–H groups in total. The third kappa shape index (κ3) is 9.50. The van der Waals surface area contributed by atoms with Gasteiger partial charge in [0.1, 0.15) is 12.9 Å². The molecule has 1 aromatic heterocycles. The van der Waals surface area contributed by atoms with Crippen molar-refractivity contribution in [1.29, 1.82) is 0 Å². The summed E-state index contributed by atoms with van der Waals surface area (Å²) in [5.41, 5.74) is 0.190. The topological polar surface area (TPSA) is 103 Å². The number of nitrogens with zero attached hydrogens (tertiary/aromatic N) is 2. The Kier molecular flexibility index (Phi) is 12.1. The van der Waals surface area contributed by atoms with Crippen LogP contribution < -0.4 is 5.32 Å². The first kappa shape index (κ1) is 23.1. The minimum absolute atomic E-state index is 0.0253. The van der Waals surface area contributed by atoms with Gasteiger partial charge in [-0.1, -0.05) is 0 Å². The highest BCUT2D eigenvalue weighted by atomic mass is 16.5. The molecule has 0 atom stereocenters. The van der Waals surface area contributed by atoms with Crippen molar-refractivity contribution in [3.8, 4) is 0 Å². The number of carbonyl (C=O) groups is 2.